The molecule has 25 heavy (non-hydrogen) atoms. The van der Waals surface area contributed by atoms with E-state index in [9.17, 15) is 18.0 Å². The Kier molecular flexibility index (Phi) is 5.69. The van der Waals surface area contributed by atoms with Gasteiger partial charge >= 0.3 is 12.1 Å². The number of halogens is 3. The summed E-state index contributed by atoms with van der Waals surface area (Å²) in [6.45, 7) is 0. The third-order valence-electron chi connectivity index (χ3n) is 3.22. The van der Waals surface area contributed by atoms with Crippen molar-refractivity contribution in [1.29, 1.82) is 0 Å². The summed E-state index contributed by atoms with van der Waals surface area (Å²) in [6.07, 6.45) is -2.17. The van der Waals surface area contributed by atoms with Crippen LogP contribution in [0.4, 0.5) is 13.2 Å². The molecule has 0 amide bonds. The van der Waals surface area contributed by atoms with E-state index in [-0.39, 0.29) is 0 Å². The van der Waals surface area contributed by atoms with Gasteiger partial charge in [-0.3, -0.25) is 0 Å². The summed E-state index contributed by atoms with van der Waals surface area (Å²) < 4.78 is 53.6. The normalized spacial score (nSPS) is 11.4. The number of para-hydroxylation sites is 1. The van der Waals surface area contributed by atoms with Crippen LogP contribution in [0.3, 0.4) is 0 Å². The molecule has 0 aliphatic carbocycles. The molecule has 0 aliphatic heterocycles. The first-order valence-electron chi connectivity index (χ1n) is 7.13. The fraction of sp³-hybridized carbons (Fsp3) is 0.167. The van der Waals surface area contributed by atoms with E-state index in [1.165, 1.54) is 32.4 Å². The molecule has 0 heterocycles. The van der Waals surface area contributed by atoms with E-state index in [0.717, 1.165) is 18.2 Å². The van der Waals surface area contributed by atoms with E-state index >= 15 is 0 Å². The van der Waals surface area contributed by atoms with E-state index in [0.29, 0.717) is 17.1 Å². The van der Waals surface area contributed by atoms with Crippen LogP contribution >= 0.6 is 0 Å². The standard InChI is InChI=1S/C18H15F3O4/c1-23-15-9-7-12(11-16(15)24-2)8-10-17(22)25-14-6-4-3-5-13(14)18(19,20)21/h3-11H,1-2H3. The molecule has 0 atom stereocenters. The SMILES string of the molecule is COc1ccc(C=CC(=O)Oc2ccccc2C(F)(F)F)cc1OC. The van der Waals surface area contributed by atoms with Gasteiger partial charge in [-0.1, -0.05) is 18.2 Å². The summed E-state index contributed by atoms with van der Waals surface area (Å²) in [5.74, 6) is -0.495. The number of carbonyl (C=O) groups excluding carboxylic acids is 1. The molecular formula is C18H15F3O4. The second-order valence-corrected chi connectivity index (χ2v) is 4.86. The van der Waals surface area contributed by atoms with Crippen LogP contribution in [0.25, 0.3) is 6.08 Å². The molecule has 0 fully saturated rings. The predicted octanol–water partition coefficient (Wildman–Crippen LogP) is 4.34. The summed E-state index contributed by atoms with van der Waals surface area (Å²) in [4.78, 5) is 11.8. The topological polar surface area (TPSA) is 44.8 Å². The lowest BCUT2D eigenvalue weighted by Gasteiger charge is -2.11. The molecule has 0 unspecified atom stereocenters. The highest BCUT2D eigenvalue weighted by molar-refractivity contribution is 5.89. The van der Waals surface area contributed by atoms with Crippen LogP contribution in [0.1, 0.15) is 11.1 Å². The number of alkyl halides is 3. The Morgan fingerprint density at radius 1 is 0.960 bits per heavy atom. The third kappa shape index (κ3) is 4.76. The van der Waals surface area contributed by atoms with Crippen molar-refractivity contribution in [3.8, 4) is 17.2 Å². The number of ether oxygens (including phenoxy) is 3. The maximum atomic E-state index is 12.9. The molecule has 132 valence electrons. The van der Waals surface area contributed by atoms with Crippen LogP contribution in [-0.4, -0.2) is 20.2 Å². The molecule has 2 aromatic rings. The summed E-state index contributed by atoms with van der Waals surface area (Å²) in [7, 11) is 2.95. The van der Waals surface area contributed by atoms with Gasteiger partial charge in [-0.2, -0.15) is 13.2 Å². The van der Waals surface area contributed by atoms with Crippen LogP contribution in [0, 0.1) is 0 Å². The monoisotopic (exact) mass is 352 g/mol. The predicted molar refractivity (Wildman–Crippen MR) is 85.7 cm³/mol. The molecule has 0 N–H and O–H groups in total. The van der Waals surface area contributed by atoms with Gasteiger partial charge in [-0.25, -0.2) is 4.79 Å². The largest absolute Gasteiger partial charge is 0.493 e. The van der Waals surface area contributed by atoms with Crippen LogP contribution in [0.2, 0.25) is 0 Å². The van der Waals surface area contributed by atoms with Crippen molar-refractivity contribution in [2.75, 3.05) is 14.2 Å². The number of hydrogen-bond donors (Lipinski definition) is 0. The summed E-state index contributed by atoms with van der Waals surface area (Å²) >= 11 is 0. The Morgan fingerprint density at radius 3 is 2.28 bits per heavy atom. The highest BCUT2D eigenvalue weighted by Gasteiger charge is 2.34. The van der Waals surface area contributed by atoms with E-state index in [1.807, 2.05) is 0 Å². The molecular weight excluding hydrogens is 337 g/mol. The second kappa shape index (κ2) is 7.74. The Bertz CT molecular complexity index is 782. The van der Waals surface area contributed by atoms with E-state index < -0.39 is 23.5 Å². The lowest BCUT2D eigenvalue weighted by molar-refractivity contribution is -0.140. The average molecular weight is 352 g/mol. The van der Waals surface area contributed by atoms with Gasteiger partial charge in [0.25, 0.3) is 0 Å². The van der Waals surface area contributed by atoms with Crippen LogP contribution in [0.15, 0.2) is 48.5 Å². The van der Waals surface area contributed by atoms with Crippen molar-refractivity contribution in [1.82, 2.24) is 0 Å². The van der Waals surface area contributed by atoms with Gasteiger partial charge in [0, 0.05) is 6.08 Å². The molecule has 2 rings (SSSR count). The molecule has 7 heteroatoms. The minimum atomic E-state index is -4.61. The first kappa shape index (κ1) is 18.4. The van der Waals surface area contributed by atoms with Crippen LogP contribution in [0.5, 0.6) is 17.2 Å². The first-order valence-corrected chi connectivity index (χ1v) is 7.13. The minimum Gasteiger partial charge on any atom is -0.493 e. The average Bonchev–Trinajstić information content (AvgIpc) is 2.59. The fourth-order valence-electron chi connectivity index (χ4n) is 2.05. The summed E-state index contributed by atoms with van der Waals surface area (Å²) in [6, 6.07) is 9.44. The molecule has 0 radical (unpaired) electrons. The van der Waals surface area contributed by atoms with Crippen molar-refractivity contribution in [2.24, 2.45) is 0 Å². The lowest BCUT2D eigenvalue weighted by atomic mass is 10.2. The highest BCUT2D eigenvalue weighted by Crippen LogP contribution is 2.36. The maximum absolute atomic E-state index is 12.9. The zero-order chi connectivity index (χ0) is 18.4. The molecule has 0 saturated carbocycles. The number of esters is 1. The van der Waals surface area contributed by atoms with Crippen molar-refractivity contribution >= 4 is 12.0 Å². The first-order chi connectivity index (χ1) is 11.8. The second-order valence-electron chi connectivity index (χ2n) is 4.86. The zero-order valence-electron chi connectivity index (χ0n) is 13.5. The van der Waals surface area contributed by atoms with Gasteiger partial charge in [-0.15, -0.1) is 0 Å². The molecule has 2 aromatic carbocycles. The van der Waals surface area contributed by atoms with Crippen molar-refractivity contribution in [2.45, 2.75) is 6.18 Å². The van der Waals surface area contributed by atoms with Gasteiger partial charge in [0.2, 0.25) is 0 Å². The summed E-state index contributed by atoms with van der Waals surface area (Å²) in [5.41, 5.74) is -0.415. The molecule has 0 aliphatic rings. The number of carbonyl (C=O) groups is 1. The maximum Gasteiger partial charge on any atom is 0.419 e. The lowest BCUT2D eigenvalue weighted by Crippen LogP contribution is -2.11. The summed E-state index contributed by atoms with van der Waals surface area (Å²) in [5, 5.41) is 0. The number of methoxy groups -OCH3 is 2. The van der Waals surface area contributed by atoms with E-state index in [1.54, 1.807) is 18.2 Å². The minimum absolute atomic E-state index is 0.459. The van der Waals surface area contributed by atoms with Crippen molar-refractivity contribution in [3.63, 3.8) is 0 Å². The van der Waals surface area contributed by atoms with Gasteiger partial charge in [0.05, 0.1) is 19.8 Å². The Labute approximate surface area is 142 Å². The molecule has 0 saturated heterocycles. The Balaban J connectivity index is 2.15. The van der Waals surface area contributed by atoms with Gasteiger partial charge < -0.3 is 14.2 Å². The highest BCUT2D eigenvalue weighted by atomic mass is 19.4. The molecule has 0 aromatic heterocycles. The molecule has 0 bridgehead atoms. The van der Waals surface area contributed by atoms with Crippen LogP contribution in [-0.2, 0) is 11.0 Å². The van der Waals surface area contributed by atoms with Gasteiger partial charge in [0.15, 0.2) is 11.5 Å². The molecule has 4 nitrogen and oxygen atoms in total. The smallest absolute Gasteiger partial charge is 0.419 e. The molecule has 0 spiro atoms. The Morgan fingerprint density at radius 2 is 1.64 bits per heavy atom. The van der Waals surface area contributed by atoms with E-state index in [4.69, 9.17) is 14.2 Å². The van der Waals surface area contributed by atoms with Crippen molar-refractivity contribution < 1.29 is 32.2 Å². The van der Waals surface area contributed by atoms with Gasteiger partial charge in [0.1, 0.15) is 5.75 Å². The fourth-order valence-corrected chi connectivity index (χ4v) is 2.05. The third-order valence-corrected chi connectivity index (χ3v) is 3.22. The quantitative estimate of drug-likeness (QED) is 0.456. The number of rotatable bonds is 5. The van der Waals surface area contributed by atoms with Gasteiger partial charge in [-0.05, 0) is 35.9 Å². The number of hydrogen-bond acceptors (Lipinski definition) is 4. The zero-order valence-corrected chi connectivity index (χ0v) is 13.5. The van der Waals surface area contributed by atoms with Crippen molar-refractivity contribution in [3.05, 3.63) is 59.7 Å². The Hall–Kier alpha value is -2.96. The van der Waals surface area contributed by atoms with E-state index in [2.05, 4.69) is 0 Å². The number of benzene rings is 2. The van der Waals surface area contributed by atoms with Crippen LogP contribution < -0.4 is 14.2 Å².